The first-order valence-corrected chi connectivity index (χ1v) is 9.49. The van der Waals surface area contributed by atoms with Gasteiger partial charge in [0, 0.05) is 23.1 Å². The molecule has 0 saturated heterocycles. The molecule has 2 heterocycles. The summed E-state index contributed by atoms with van der Waals surface area (Å²) in [6.45, 7) is 0. The van der Waals surface area contributed by atoms with Gasteiger partial charge in [0.2, 0.25) is 0 Å². The third kappa shape index (κ3) is 2.30. The number of para-hydroxylation sites is 1. The van der Waals surface area contributed by atoms with Gasteiger partial charge in [0.25, 0.3) is 5.91 Å². The first kappa shape index (κ1) is 17.0. The van der Waals surface area contributed by atoms with Gasteiger partial charge in [0.05, 0.1) is 5.69 Å². The van der Waals surface area contributed by atoms with Crippen LogP contribution in [0.15, 0.2) is 84.9 Å². The standard InChI is InChI=1S/C24H16ClNO2/c25-19-12-10-18(11-13-19)24-15-17(16-6-2-1-3-7-16)14-22(27)26(24)21-9-5-4-8-20(21)23(24)28/h1-14H,15H2/t24-/m0/s1. The van der Waals surface area contributed by atoms with Gasteiger partial charge >= 0.3 is 0 Å². The molecule has 4 heteroatoms. The number of hydrogen-bond donors (Lipinski definition) is 0. The molecule has 28 heavy (non-hydrogen) atoms. The molecule has 0 N–H and O–H groups in total. The topological polar surface area (TPSA) is 37.4 Å². The van der Waals surface area contributed by atoms with E-state index < -0.39 is 5.54 Å². The average molecular weight is 386 g/mol. The van der Waals surface area contributed by atoms with Crippen LogP contribution in [0, 0.1) is 0 Å². The third-order valence-electron chi connectivity index (χ3n) is 5.58. The second-order valence-electron chi connectivity index (χ2n) is 7.10. The van der Waals surface area contributed by atoms with Crippen LogP contribution in [0.2, 0.25) is 5.02 Å². The fourth-order valence-electron chi connectivity index (χ4n) is 4.32. The van der Waals surface area contributed by atoms with Crippen molar-refractivity contribution in [2.24, 2.45) is 0 Å². The van der Waals surface area contributed by atoms with Crippen LogP contribution >= 0.6 is 11.6 Å². The number of benzene rings is 3. The fraction of sp³-hybridized carbons (Fsp3) is 0.0833. The highest BCUT2D eigenvalue weighted by Gasteiger charge is 2.56. The maximum Gasteiger partial charge on any atom is 0.252 e. The summed E-state index contributed by atoms with van der Waals surface area (Å²) >= 11 is 6.09. The van der Waals surface area contributed by atoms with Crippen molar-refractivity contribution in [1.29, 1.82) is 0 Å². The number of carbonyl (C=O) groups is 2. The first-order chi connectivity index (χ1) is 13.6. The van der Waals surface area contributed by atoms with Crippen LogP contribution in [-0.4, -0.2) is 11.7 Å². The number of rotatable bonds is 2. The largest absolute Gasteiger partial charge is 0.291 e. The van der Waals surface area contributed by atoms with Gasteiger partial charge in [-0.25, -0.2) is 0 Å². The van der Waals surface area contributed by atoms with Gasteiger partial charge in [-0.3, -0.25) is 14.5 Å². The van der Waals surface area contributed by atoms with Crippen LogP contribution in [0.3, 0.4) is 0 Å². The van der Waals surface area contributed by atoms with E-state index in [9.17, 15) is 9.59 Å². The maximum atomic E-state index is 13.7. The Bertz CT molecular complexity index is 1130. The number of Topliss-reactive ketones (excluding diaryl/α,β-unsaturated/α-hetero) is 1. The second-order valence-corrected chi connectivity index (χ2v) is 7.54. The predicted octanol–water partition coefficient (Wildman–Crippen LogP) is 5.25. The number of ketones is 1. The SMILES string of the molecule is O=C1C=C(c2ccccc2)C[C@]2(c3ccc(Cl)cc3)C(=O)c3ccccc3N12. The molecule has 0 unspecified atom stereocenters. The summed E-state index contributed by atoms with van der Waals surface area (Å²) in [5.74, 6) is -0.237. The summed E-state index contributed by atoms with van der Waals surface area (Å²) in [6.07, 6.45) is 2.07. The Labute approximate surface area is 167 Å². The molecule has 3 nitrogen and oxygen atoms in total. The van der Waals surface area contributed by atoms with Crippen molar-refractivity contribution in [3.63, 3.8) is 0 Å². The van der Waals surface area contributed by atoms with Crippen LogP contribution in [0.4, 0.5) is 5.69 Å². The van der Waals surface area contributed by atoms with Crippen LogP contribution in [0.25, 0.3) is 5.57 Å². The van der Waals surface area contributed by atoms with Gasteiger partial charge in [-0.2, -0.15) is 0 Å². The van der Waals surface area contributed by atoms with Crippen LogP contribution < -0.4 is 4.90 Å². The number of halogens is 1. The van der Waals surface area contributed by atoms with Gasteiger partial charge in [0.15, 0.2) is 5.78 Å². The molecule has 2 aliphatic heterocycles. The van der Waals surface area contributed by atoms with Gasteiger partial charge in [-0.05, 0) is 41.0 Å². The van der Waals surface area contributed by atoms with E-state index in [1.165, 1.54) is 0 Å². The second kappa shape index (κ2) is 6.18. The molecule has 1 atom stereocenters. The van der Waals surface area contributed by atoms with E-state index in [-0.39, 0.29) is 11.7 Å². The molecule has 5 rings (SSSR count). The zero-order valence-electron chi connectivity index (χ0n) is 14.9. The van der Waals surface area contributed by atoms with Crippen LogP contribution in [0.1, 0.15) is 27.9 Å². The third-order valence-corrected chi connectivity index (χ3v) is 5.83. The number of fused-ring (bicyclic) bond motifs is 3. The molecule has 3 aromatic carbocycles. The number of amides is 1. The molecular formula is C24H16ClNO2. The van der Waals surface area contributed by atoms with Crippen LogP contribution in [-0.2, 0) is 10.3 Å². The van der Waals surface area contributed by atoms with E-state index in [4.69, 9.17) is 11.6 Å². The molecule has 2 aliphatic rings. The molecule has 3 aromatic rings. The van der Waals surface area contributed by atoms with Crippen molar-refractivity contribution in [2.75, 3.05) is 4.90 Å². The number of anilines is 1. The van der Waals surface area contributed by atoms with E-state index in [0.717, 1.165) is 16.7 Å². The van der Waals surface area contributed by atoms with Crippen molar-refractivity contribution in [3.8, 4) is 0 Å². The summed E-state index contributed by atoms with van der Waals surface area (Å²) in [5, 5.41) is 0.593. The van der Waals surface area contributed by atoms with Crippen molar-refractivity contribution in [2.45, 2.75) is 12.0 Å². The van der Waals surface area contributed by atoms with Crippen molar-refractivity contribution < 1.29 is 9.59 Å². The molecule has 0 saturated carbocycles. The summed E-state index contributed by atoms with van der Waals surface area (Å²) in [7, 11) is 0. The van der Waals surface area contributed by atoms with E-state index in [1.807, 2.05) is 60.7 Å². The minimum atomic E-state index is -1.09. The molecular weight excluding hydrogens is 370 g/mol. The minimum Gasteiger partial charge on any atom is -0.291 e. The number of carbonyl (C=O) groups excluding carboxylic acids is 2. The monoisotopic (exact) mass is 385 g/mol. The van der Waals surface area contributed by atoms with Crippen molar-refractivity contribution >= 4 is 34.6 Å². The maximum absolute atomic E-state index is 13.7. The van der Waals surface area contributed by atoms with Gasteiger partial charge in [0.1, 0.15) is 5.54 Å². The number of hydrogen-bond acceptors (Lipinski definition) is 2. The molecule has 0 fully saturated rings. The van der Waals surface area contributed by atoms with E-state index >= 15 is 0 Å². The quantitative estimate of drug-likeness (QED) is 0.604. The highest BCUT2D eigenvalue weighted by molar-refractivity contribution is 6.30. The molecule has 0 aromatic heterocycles. The zero-order chi connectivity index (χ0) is 19.3. The summed E-state index contributed by atoms with van der Waals surface area (Å²) < 4.78 is 0. The van der Waals surface area contributed by atoms with E-state index in [1.54, 1.807) is 29.2 Å². The number of nitrogens with zero attached hydrogens (tertiary/aromatic N) is 1. The summed E-state index contributed by atoms with van der Waals surface area (Å²) in [5.41, 5.74) is 2.73. The smallest absolute Gasteiger partial charge is 0.252 e. The van der Waals surface area contributed by atoms with Crippen molar-refractivity contribution in [1.82, 2.24) is 0 Å². The molecule has 0 spiro atoms. The highest BCUT2D eigenvalue weighted by atomic mass is 35.5. The molecule has 0 radical (unpaired) electrons. The Morgan fingerprint density at radius 2 is 1.50 bits per heavy atom. The molecule has 0 aliphatic carbocycles. The van der Waals surface area contributed by atoms with Gasteiger partial charge in [-0.15, -0.1) is 0 Å². The lowest BCUT2D eigenvalue weighted by atomic mass is 9.76. The lowest BCUT2D eigenvalue weighted by Crippen LogP contribution is -2.52. The van der Waals surface area contributed by atoms with E-state index in [2.05, 4.69) is 0 Å². The van der Waals surface area contributed by atoms with Gasteiger partial charge < -0.3 is 0 Å². The first-order valence-electron chi connectivity index (χ1n) is 9.11. The Kier molecular flexibility index (Phi) is 3.74. The Morgan fingerprint density at radius 3 is 2.25 bits per heavy atom. The predicted molar refractivity (Wildman–Crippen MR) is 110 cm³/mol. The lowest BCUT2D eigenvalue weighted by molar-refractivity contribution is -0.115. The zero-order valence-corrected chi connectivity index (χ0v) is 15.7. The van der Waals surface area contributed by atoms with E-state index in [0.29, 0.717) is 22.7 Å². The fourth-order valence-corrected chi connectivity index (χ4v) is 4.45. The Hall–Kier alpha value is -3.17. The highest BCUT2D eigenvalue weighted by Crippen LogP contribution is 2.52. The molecule has 136 valence electrons. The summed E-state index contributed by atoms with van der Waals surface area (Å²) in [6, 6.07) is 24.3. The Balaban J connectivity index is 1.76. The summed E-state index contributed by atoms with van der Waals surface area (Å²) in [4.78, 5) is 28.6. The molecule has 0 bridgehead atoms. The Morgan fingerprint density at radius 1 is 0.821 bits per heavy atom. The van der Waals surface area contributed by atoms with Gasteiger partial charge in [-0.1, -0.05) is 66.2 Å². The molecule has 1 amide bonds. The lowest BCUT2D eigenvalue weighted by Gasteiger charge is -2.41. The van der Waals surface area contributed by atoms with Crippen LogP contribution in [0.5, 0.6) is 0 Å². The van der Waals surface area contributed by atoms with Crippen molar-refractivity contribution in [3.05, 3.63) is 107 Å². The minimum absolute atomic E-state index is 0.0553. The normalized spacial score (nSPS) is 20.6. The average Bonchev–Trinajstić information content (AvgIpc) is 2.99.